The van der Waals surface area contributed by atoms with Crippen molar-refractivity contribution in [2.24, 2.45) is 7.05 Å². The first-order valence-corrected chi connectivity index (χ1v) is 11.6. The van der Waals surface area contributed by atoms with Crippen LogP contribution in [0.15, 0.2) is 34.6 Å². The van der Waals surface area contributed by atoms with Gasteiger partial charge in [-0.2, -0.15) is 5.10 Å². The fourth-order valence-corrected chi connectivity index (χ4v) is 5.35. The SMILES string of the molecule is Cn1nccc1C(=O)N1CCCCC1c1nc2c(c(=O)[nH]1)CN(Cc1cccs1)CC2. The van der Waals surface area contributed by atoms with Crippen molar-refractivity contribution < 1.29 is 4.79 Å². The van der Waals surface area contributed by atoms with E-state index in [0.29, 0.717) is 24.6 Å². The number of hydrogen-bond donors (Lipinski definition) is 1. The van der Waals surface area contributed by atoms with Gasteiger partial charge >= 0.3 is 0 Å². The van der Waals surface area contributed by atoms with Crippen LogP contribution in [0.1, 0.15) is 57.8 Å². The zero-order chi connectivity index (χ0) is 21.4. The quantitative estimate of drug-likeness (QED) is 0.676. The summed E-state index contributed by atoms with van der Waals surface area (Å²) in [7, 11) is 1.77. The minimum atomic E-state index is -0.210. The Bertz CT molecular complexity index is 1140. The normalized spacial score (nSPS) is 19.4. The third-order valence-electron chi connectivity index (χ3n) is 6.24. The summed E-state index contributed by atoms with van der Waals surface area (Å²) in [6.45, 7) is 3.00. The van der Waals surface area contributed by atoms with Crippen LogP contribution in [-0.4, -0.2) is 48.5 Å². The van der Waals surface area contributed by atoms with Crippen molar-refractivity contribution in [1.29, 1.82) is 0 Å². The molecule has 1 fully saturated rings. The van der Waals surface area contributed by atoms with Crippen LogP contribution in [0.25, 0.3) is 0 Å². The number of hydrogen-bond acceptors (Lipinski definition) is 6. The number of H-pyrrole nitrogens is 1. The van der Waals surface area contributed by atoms with E-state index in [4.69, 9.17) is 4.98 Å². The Kier molecular flexibility index (Phi) is 5.45. The molecule has 0 spiro atoms. The molecule has 3 aromatic rings. The number of likely N-dealkylation sites (tertiary alicyclic amines) is 1. The number of carbonyl (C=O) groups is 1. The average Bonchev–Trinajstić information content (AvgIpc) is 3.45. The first kappa shape index (κ1) is 20.1. The van der Waals surface area contributed by atoms with Gasteiger partial charge in [0.05, 0.1) is 17.3 Å². The molecular formula is C22H26N6O2S. The number of fused-ring (bicyclic) bond motifs is 1. The summed E-state index contributed by atoms with van der Waals surface area (Å²) in [6.07, 6.45) is 5.14. The molecule has 0 aliphatic carbocycles. The van der Waals surface area contributed by atoms with E-state index in [1.54, 1.807) is 35.3 Å². The van der Waals surface area contributed by atoms with Gasteiger partial charge in [-0.15, -0.1) is 11.3 Å². The smallest absolute Gasteiger partial charge is 0.272 e. The number of rotatable bonds is 4. The lowest BCUT2D eigenvalue weighted by molar-refractivity contribution is 0.0587. The van der Waals surface area contributed by atoms with Crippen molar-refractivity contribution in [1.82, 2.24) is 29.5 Å². The van der Waals surface area contributed by atoms with E-state index in [1.807, 2.05) is 4.90 Å². The maximum Gasteiger partial charge on any atom is 0.272 e. The number of aromatic nitrogens is 4. The van der Waals surface area contributed by atoms with Crippen LogP contribution in [0.3, 0.4) is 0 Å². The molecular weight excluding hydrogens is 412 g/mol. The predicted molar refractivity (Wildman–Crippen MR) is 118 cm³/mol. The van der Waals surface area contributed by atoms with Gasteiger partial charge in [0.2, 0.25) is 0 Å². The van der Waals surface area contributed by atoms with Crippen LogP contribution in [0.2, 0.25) is 0 Å². The number of nitrogens with zero attached hydrogens (tertiary/aromatic N) is 5. The monoisotopic (exact) mass is 438 g/mol. The minimum absolute atomic E-state index is 0.0628. The van der Waals surface area contributed by atoms with Gasteiger partial charge in [-0.1, -0.05) is 6.07 Å². The first-order valence-electron chi connectivity index (χ1n) is 10.8. The van der Waals surface area contributed by atoms with Crippen molar-refractivity contribution in [3.8, 4) is 0 Å². The second-order valence-electron chi connectivity index (χ2n) is 8.27. The highest BCUT2D eigenvalue weighted by Crippen LogP contribution is 2.30. The van der Waals surface area contributed by atoms with Crippen molar-refractivity contribution >= 4 is 17.2 Å². The summed E-state index contributed by atoms with van der Waals surface area (Å²) in [5.74, 6) is 0.554. The first-order chi connectivity index (χ1) is 15.1. The Morgan fingerprint density at radius 3 is 2.97 bits per heavy atom. The Balaban J connectivity index is 1.40. The molecule has 2 aliphatic heterocycles. The molecule has 5 rings (SSSR count). The second kappa shape index (κ2) is 8.39. The Morgan fingerprint density at radius 2 is 2.19 bits per heavy atom. The molecule has 5 heterocycles. The molecule has 2 aliphatic rings. The number of aryl methyl sites for hydroxylation is 1. The van der Waals surface area contributed by atoms with Crippen molar-refractivity contribution in [2.75, 3.05) is 13.1 Å². The number of thiophene rings is 1. The van der Waals surface area contributed by atoms with Gasteiger partial charge in [-0.25, -0.2) is 4.98 Å². The highest BCUT2D eigenvalue weighted by atomic mass is 32.1. The van der Waals surface area contributed by atoms with E-state index in [0.717, 1.165) is 50.0 Å². The summed E-state index contributed by atoms with van der Waals surface area (Å²) in [5.41, 5.74) is 2.11. The Labute approximate surface area is 184 Å². The molecule has 0 radical (unpaired) electrons. The molecule has 0 bridgehead atoms. The lowest BCUT2D eigenvalue weighted by Gasteiger charge is -2.35. The zero-order valence-corrected chi connectivity index (χ0v) is 18.4. The largest absolute Gasteiger partial charge is 0.327 e. The van der Waals surface area contributed by atoms with Gasteiger partial charge in [0.15, 0.2) is 0 Å². The zero-order valence-electron chi connectivity index (χ0n) is 17.6. The summed E-state index contributed by atoms with van der Waals surface area (Å²) < 4.78 is 1.60. The third-order valence-corrected chi connectivity index (χ3v) is 7.11. The van der Waals surface area contributed by atoms with Crippen molar-refractivity contribution in [2.45, 2.75) is 44.8 Å². The molecule has 1 saturated heterocycles. The summed E-state index contributed by atoms with van der Waals surface area (Å²) >= 11 is 1.74. The molecule has 1 amide bonds. The lowest BCUT2D eigenvalue weighted by atomic mass is 9.99. The molecule has 8 nitrogen and oxygen atoms in total. The maximum atomic E-state index is 13.2. The third kappa shape index (κ3) is 3.95. The minimum Gasteiger partial charge on any atom is -0.327 e. The van der Waals surface area contributed by atoms with Gasteiger partial charge in [-0.05, 0) is 36.8 Å². The summed E-state index contributed by atoms with van der Waals surface area (Å²) in [5, 5.41) is 6.21. The molecule has 0 saturated carbocycles. The van der Waals surface area contributed by atoms with E-state index in [1.165, 1.54) is 4.88 Å². The van der Waals surface area contributed by atoms with E-state index in [-0.39, 0.29) is 17.5 Å². The van der Waals surface area contributed by atoms with Crippen LogP contribution < -0.4 is 5.56 Å². The van der Waals surface area contributed by atoms with Gasteiger partial charge in [-0.3, -0.25) is 19.2 Å². The van der Waals surface area contributed by atoms with Gasteiger partial charge < -0.3 is 9.88 Å². The van der Waals surface area contributed by atoms with Gasteiger partial charge in [0, 0.05) is 50.7 Å². The van der Waals surface area contributed by atoms with E-state index in [9.17, 15) is 9.59 Å². The Morgan fingerprint density at radius 1 is 1.29 bits per heavy atom. The van der Waals surface area contributed by atoms with Crippen LogP contribution in [0, 0.1) is 0 Å². The van der Waals surface area contributed by atoms with Crippen LogP contribution in [0.4, 0.5) is 0 Å². The number of piperidine rings is 1. The van der Waals surface area contributed by atoms with E-state index < -0.39 is 0 Å². The molecule has 162 valence electrons. The number of carbonyl (C=O) groups excluding carboxylic acids is 1. The van der Waals surface area contributed by atoms with E-state index >= 15 is 0 Å². The molecule has 1 unspecified atom stereocenters. The molecule has 31 heavy (non-hydrogen) atoms. The lowest BCUT2D eigenvalue weighted by Crippen LogP contribution is -2.42. The predicted octanol–water partition coefficient (Wildman–Crippen LogP) is 2.49. The maximum absolute atomic E-state index is 13.2. The highest BCUT2D eigenvalue weighted by Gasteiger charge is 2.33. The molecule has 3 aromatic heterocycles. The van der Waals surface area contributed by atoms with Crippen LogP contribution >= 0.6 is 11.3 Å². The number of nitrogens with one attached hydrogen (secondary N) is 1. The van der Waals surface area contributed by atoms with Crippen molar-refractivity contribution in [3.05, 3.63) is 67.8 Å². The van der Waals surface area contributed by atoms with Gasteiger partial charge in [0.1, 0.15) is 11.5 Å². The Hall–Kier alpha value is -2.78. The van der Waals surface area contributed by atoms with Gasteiger partial charge in [0.25, 0.3) is 11.5 Å². The van der Waals surface area contributed by atoms with Crippen LogP contribution in [-0.2, 0) is 26.6 Å². The fourth-order valence-electron chi connectivity index (χ4n) is 4.61. The fraction of sp³-hybridized carbons (Fsp3) is 0.455. The molecule has 1 N–H and O–H groups in total. The highest BCUT2D eigenvalue weighted by molar-refractivity contribution is 7.09. The molecule has 0 aromatic carbocycles. The summed E-state index contributed by atoms with van der Waals surface area (Å²) in [4.78, 5) is 39.5. The number of aromatic amines is 1. The topological polar surface area (TPSA) is 87.1 Å². The number of amides is 1. The molecule has 1 atom stereocenters. The standard InChI is InChI=1S/C22H26N6O2S/c1-26-19(7-9-23-26)22(30)28-10-3-2-6-18(28)20-24-17-8-11-27(13-15-5-4-12-31-15)14-16(17)21(29)25-20/h4-5,7,9,12,18H,2-3,6,8,10-11,13-14H2,1H3,(H,24,25,29). The van der Waals surface area contributed by atoms with E-state index in [2.05, 4.69) is 32.5 Å². The summed E-state index contributed by atoms with van der Waals surface area (Å²) in [6, 6.07) is 5.71. The second-order valence-corrected chi connectivity index (χ2v) is 9.30. The average molecular weight is 439 g/mol. The van der Waals surface area contributed by atoms with Crippen LogP contribution in [0.5, 0.6) is 0 Å². The van der Waals surface area contributed by atoms with Crippen molar-refractivity contribution in [3.63, 3.8) is 0 Å². The molecule has 9 heteroatoms.